The molecule has 0 unspecified atom stereocenters. The van der Waals surface area contributed by atoms with Gasteiger partial charge in [0.2, 0.25) is 0 Å². The van der Waals surface area contributed by atoms with Crippen LogP contribution in [0.3, 0.4) is 0 Å². The van der Waals surface area contributed by atoms with Gasteiger partial charge in [0.15, 0.2) is 5.69 Å². The molecule has 6 heteroatoms. The van der Waals surface area contributed by atoms with Crippen molar-refractivity contribution >= 4 is 5.97 Å². The maximum absolute atomic E-state index is 11.7. The van der Waals surface area contributed by atoms with Crippen LogP contribution in [-0.4, -0.2) is 27.3 Å². The molecule has 1 heterocycles. The molecule has 94 valence electrons. The number of hydrogen-bond acceptors (Lipinski definition) is 2. The molecular formula is C10H18F2N2O2. The molecule has 1 aromatic rings. The summed E-state index contributed by atoms with van der Waals surface area (Å²) in [4.78, 5) is 10.2. The van der Waals surface area contributed by atoms with E-state index in [-0.39, 0.29) is 5.69 Å². The molecule has 0 fully saturated rings. The fraction of sp³-hybridized carbons (Fsp3) is 0.600. The minimum Gasteiger partial charge on any atom is -0.476 e. The van der Waals surface area contributed by atoms with Crippen LogP contribution in [0.25, 0.3) is 0 Å². The van der Waals surface area contributed by atoms with Gasteiger partial charge in [-0.2, -0.15) is 5.10 Å². The number of alkyl halides is 2. The summed E-state index contributed by atoms with van der Waals surface area (Å²) in [6.07, 6.45) is -1.32. The van der Waals surface area contributed by atoms with Gasteiger partial charge in [0, 0.05) is 6.20 Å². The van der Waals surface area contributed by atoms with Crippen LogP contribution in [0.5, 0.6) is 0 Å². The molecule has 0 bridgehead atoms. The number of aromatic nitrogens is 2. The second-order valence-electron chi connectivity index (χ2n) is 2.12. The summed E-state index contributed by atoms with van der Waals surface area (Å²) >= 11 is 0. The first-order chi connectivity index (χ1) is 7.59. The van der Waals surface area contributed by atoms with Gasteiger partial charge in [-0.15, -0.1) is 0 Å². The Kier molecular flexibility index (Phi) is 10.7. The van der Waals surface area contributed by atoms with Gasteiger partial charge >= 0.3 is 5.97 Å². The first kappa shape index (κ1) is 17.0. The number of aromatic carboxylic acids is 1. The van der Waals surface area contributed by atoms with Crippen molar-refractivity contribution < 1.29 is 18.7 Å². The molecule has 0 aromatic carbocycles. The third kappa shape index (κ3) is 6.92. The summed E-state index contributed by atoms with van der Waals surface area (Å²) < 4.78 is 24.3. The Balaban J connectivity index is 0. The molecule has 0 saturated heterocycles. The van der Waals surface area contributed by atoms with Crippen molar-refractivity contribution in [1.29, 1.82) is 0 Å². The van der Waals surface area contributed by atoms with Crippen molar-refractivity contribution in [3.05, 3.63) is 18.0 Å². The van der Waals surface area contributed by atoms with Gasteiger partial charge in [-0.3, -0.25) is 4.68 Å². The first-order valence-corrected chi connectivity index (χ1v) is 5.14. The predicted molar refractivity (Wildman–Crippen MR) is 57.9 cm³/mol. The molecule has 0 atom stereocenters. The van der Waals surface area contributed by atoms with Gasteiger partial charge in [0.1, 0.15) is 6.54 Å². The summed E-state index contributed by atoms with van der Waals surface area (Å²) in [5.74, 6) is -1.22. The van der Waals surface area contributed by atoms with Crippen LogP contribution in [0.2, 0.25) is 0 Å². The zero-order valence-electron chi connectivity index (χ0n) is 9.94. The number of nitrogens with zero attached hydrogens (tertiary/aromatic N) is 2. The van der Waals surface area contributed by atoms with Crippen molar-refractivity contribution in [3.8, 4) is 0 Å². The normalized spacial score (nSPS) is 8.69. The number of halogens is 2. The van der Waals surface area contributed by atoms with Crippen molar-refractivity contribution in [1.82, 2.24) is 9.78 Å². The predicted octanol–water partition coefficient (Wildman–Crippen LogP) is 2.90. The Morgan fingerprint density at radius 3 is 2.25 bits per heavy atom. The number of hydrogen-bond donors (Lipinski definition) is 1. The molecule has 1 rings (SSSR count). The molecule has 0 radical (unpaired) electrons. The van der Waals surface area contributed by atoms with Crippen molar-refractivity contribution in [2.45, 2.75) is 40.7 Å². The van der Waals surface area contributed by atoms with E-state index in [9.17, 15) is 13.6 Å². The molecule has 1 aromatic heterocycles. The Labute approximate surface area is 93.9 Å². The van der Waals surface area contributed by atoms with Crippen LogP contribution < -0.4 is 0 Å². The molecule has 0 spiro atoms. The van der Waals surface area contributed by atoms with E-state index in [0.29, 0.717) is 0 Å². The lowest BCUT2D eigenvalue weighted by molar-refractivity contribution is 0.0686. The molecule has 4 nitrogen and oxygen atoms in total. The minimum absolute atomic E-state index is 0.226. The molecule has 0 aliphatic carbocycles. The van der Waals surface area contributed by atoms with Crippen LogP contribution in [0.4, 0.5) is 8.78 Å². The zero-order valence-corrected chi connectivity index (χ0v) is 9.94. The van der Waals surface area contributed by atoms with Crippen molar-refractivity contribution in [2.75, 3.05) is 0 Å². The van der Waals surface area contributed by atoms with Crippen molar-refractivity contribution in [3.63, 3.8) is 0 Å². The Bertz CT molecular complexity index is 288. The highest BCUT2D eigenvalue weighted by atomic mass is 19.3. The summed E-state index contributed by atoms with van der Waals surface area (Å²) in [5, 5.41) is 11.8. The number of rotatable bonds is 3. The zero-order chi connectivity index (χ0) is 13.1. The van der Waals surface area contributed by atoms with E-state index in [0.717, 1.165) is 4.68 Å². The van der Waals surface area contributed by atoms with E-state index in [4.69, 9.17) is 5.11 Å². The summed E-state index contributed by atoms with van der Waals surface area (Å²) in [6.45, 7) is 7.42. The van der Waals surface area contributed by atoms with Crippen LogP contribution in [0, 0.1) is 0 Å². The second-order valence-corrected chi connectivity index (χ2v) is 2.12. The smallest absolute Gasteiger partial charge is 0.356 e. The molecule has 1 N–H and O–H groups in total. The fourth-order valence-electron chi connectivity index (χ4n) is 0.719. The maximum Gasteiger partial charge on any atom is 0.356 e. The van der Waals surface area contributed by atoms with E-state index >= 15 is 0 Å². The first-order valence-electron chi connectivity index (χ1n) is 5.14. The molecule has 0 saturated carbocycles. The van der Waals surface area contributed by atoms with Gasteiger partial charge in [-0.1, -0.05) is 27.7 Å². The number of carbonyl (C=O) groups is 1. The highest BCUT2D eigenvalue weighted by Crippen LogP contribution is 2.00. The topological polar surface area (TPSA) is 55.1 Å². The van der Waals surface area contributed by atoms with E-state index in [1.807, 2.05) is 27.7 Å². The standard InChI is InChI=1S/C6H6F2N2O2.2C2H6/c7-5(8)3-10-2-1-4(9-10)6(11)12;2*1-2/h1-2,5H,3H2,(H,11,12);2*1-2H3. The number of carboxylic acid groups (broad SMARTS) is 1. The monoisotopic (exact) mass is 236 g/mol. The van der Waals surface area contributed by atoms with Gasteiger partial charge < -0.3 is 5.11 Å². The van der Waals surface area contributed by atoms with Crippen LogP contribution in [-0.2, 0) is 6.54 Å². The molecule has 0 aliphatic rings. The average molecular weight is 236 g/mol. The van der Waals surface area contributed by atoms with E-state index in [2.05, 4.69) is 5.10 Å². The summed E-state index contributed by atoms with van der Waals surface area (Å²) in [6, 6.07) is 1.17. The highest BCUT2D eigenvalue weighted by Gasteiger charge is 2.09. The fourth-order valence-corrected chi connectivity index (χ4v) is 0.719. The van der Waals surface area contributed by atoms with Crippen molar-refractivity contribution in [2.24, 2.45) is 0 Å². The van der Waals surface area contributed by atoms with Crippen LogP contribution in [0.1, 0.15) is 38.2 Å². The average Bonchev–Trinajstić information content (AvgIpc) is 2.71. The van der Waals surface area contributed by atoms with Gasteiger partial charge in [0.05, 0.1) is 0 Å². The Hall–Kier alpha value is -1.46. The number of carboxylic acids is 1. The lowest BCUT2D eigenvalue weighted by Crippen LogP contribution is -2.08. The lowest BCUT2D eigenvalue weighted by atomic mass is 10.5. The maximum atomic E-state index is 11.7. The highest BCUT2D eigenvalue weighted by molar-refractivity contribution is 5.84. The molecule has 16 heavy (non-hydrogen) atoms. The van der Waals surface area contributed by atoms with Gasteiger partial charge in [-0.25, -0.2) is 13.6 Å². The summed E-state index contributed by atoms with van der Waals surface area (Å²) in [5.41, 5.74) is -0.226. The largest absolute Gasteiger partial charge is 0.476 e. The lowest BCUT2D eigenvalue weighted by Gasteiger charge is -1.97. The third-order valence-electron chi connectivity index (χ3n) is 1.18. The minimum atomic E-state index is -2.52. The van der Waals surface area contributed by atoms with Crippen LogP contribution >= 0.6 is 0 Å². The third-order valence-corrected chi connectivity index (χ3v) is 1.18. The SMILES string of the molecule is CC.CC.O=C(O)c1ccn(CC(F)F)n1. The molecule has 0 aliphatic heterocycles. The quantitative estimate of drug-likeness (QED) is 0.877. The van der Waals surface area contributed by atoms with Gasteiger partial charge in [0.25, 0.3) is 6.43 Å². The Morgan fingerprint density at radius 2 is 1.94 bits per heavy atom. The van der Waals surface area contributed by atoms with E-state index in [1.54, 1.807) is 0 Å². The second kappa shape index (κ2) is 10.1. The molecular weight excluding hydrogens is 218 g/mol. The Morgan fingerprint density at radius 1 is 1.44 bits per heavy atom. The van der Waals surface area contributed by atoms with E-state index in [1.165, 1.54) is 12.3 Å². The summed E-state index contributed by atoms with van der Waals surface area (Å²) in [7, 11) is 0. The van der Waals surface area contributed by atoms with Crippen LogP contribution in [0.15, 0.2) is 12.3 Å². The molecule has 0 amide bonds. The van der Waals surface area contributed by atoms with Gasteiger partial charge in [-0.05, 0) is 6.07 Å². The van der Waals surface area contributed by atoms with E-state index < -0.39 is 18.9 Å².